The highest BCUT2D eigenvalue weighted by molar-refractivity contribution is 7.92. The second-order valence-corrected chi connectivity index (χ2v) is 9.48. The highest BCUT2D eigenvalue weighted by Gasteiger charge is 2.25. The number of fused-ring (bicyclic) bond motifs is 1. The monoisotopic (exact) mass is 443 g/mol. The molecule has 0 fully saturated rings. The zero-order valence-electron chi connectivity index (χ0n) is 16.4. The first-order valence-electron chi connectivity index (χ1n) is 9.53. The largest absolute Gasteiger partial charge is 0.482 e. The van der Waals surface area contributed by atoms with Gasteiger partial charge in [0.05, 0.1) is 17.1 Å². The number of sulfonamides is 1. The normalized spacial score (nSPS) is 13.6. The number of nitrogens with one attached hydrogen (secondary N) is 1. The molecule has 9 heteroatoms. The van der Waals surface area contributed by atoms with Crippen LogP contribution in [0.3, 0.4) is 0 Å². The lowest BCUT2D eigenvalue weighted by Gasteiger charge is -2.29. The van der Waals surface area contributed by atoms with Gasteiger partial charge in [-0.3, -0.25) is 9.52 Å². The molecule has 0 unspecified atom stereocenters. The second-order valence-electron chi connectivity index (χ2n) is 6.90. The highest BCUT2D eigenvalue weighted by Crippen LogP contribution is 2.37. The van der Waals surface area contributed by atoms with Crippen LogP contribution in [0.1, 0.15) is 18.9 Å². The van der Waals surface area contributed by atoms with Crippen molar-refractivity contribution in [1.82, 2.24) is 4.98 Å². The molecule has 1 aromatic heterocycles. The Balaban J connectivity index is 1.55. The highest BCUT2D eigenvalue weighted by atomic mass is 32.2. The standard InChI is InChI=1S/C21H21N3O4S2/c1-2-10-24-18-11-16(8-9-19(18)28-12-20(24)25)17-13-29-21(22-17)23-30(26,27)14-15-6-4-3-5-7-15/h3-9,11,13H,2,10,12,14H2,1H3,(H,22,23). The van der Waals surface area contributed by atoms with Gasteiger partial charge < -0.3 is 9.64 Å². The van der Waals surface area contributed by atoms with Crippen LogP contribution in [-0.2, 0) is 20.6 Å². The van der Waals surface area contributed by atoms with Crippen molar-refractivity contribution in [2.75, 3.05) is 22.8 Å². The van der Waals surface area contributed by atoms with E-state index in [1.165, 1.54) is 11.3 Å². The number of benzene rings is 2. The number of ether oxygens (including phenoxy) is 1. The summed E-state index contributed by atoms with van der Waals surface area (Å²) in [5.41, 5.74) is 2.84. The molecule has 7 nitrogen and oxygen atoms in total. The van der Waals surface area contributed by atoms with Crippen LogP contribution in [-0.4, -0.2) is 32.5 Å². The lowest BCUT2D eigenvalue weighted by Crippen LogP contribution is -2.39. The van der Waals surface area contributed by atoms with E-state index in [4.69, 9.17) is 4.74 Å². The van der Waals surface area contributed by atoms with Gasteiger partial charge in [0.15, 0.2) is 11.7 Å². The van der Waals surface area contributed by atoms with Gasteiger partial charge in [-0.15, -0.1) is 11.3 Å². The molecule has 1 aliphatic rings. The summed E-state index contributed by atoms with van der Waals surface area (Å²) >= 11 is 1.22. The van der Waals surface area contributed by atoms with Crippen molar-refractivity contribution >= 4 is 38.1 Å². The van der Waals surface area contributed by atoms with Crippen molar-refractivity contribution < 1.29 is 17.9 Å². The number of carbonyl (C=O) groups is 1. The molecule has 3 aromatic rings. The Labute approximate surface area is 179 Å². The summed E-state index contributed by atoms with van der Waals surface area (Å²) in [5, 5.41) is 2.09. The van der Waals surface area contributed by atoms with Gasteiger partial charge in [0, 0.05) is 17.5 Å². The number of nitrogens with zero attached hydrogens (tertiary/aromatic N) is 2. The first kappa shape index (κ1) is 20.4. The van der Waals surface area contributed by atoms with Crippen LogP contribution in [0.25, 0.3) is 11.3 Å². The van der Waals surface area contributed by atoms with E-state index < -0.39 is 10.0 Å². The molecule has 2 aromatic carbocycles. The smallest absolute Gasteiger partial charge is 0.265 e. The molecule has 0 spiro atoms. The van der Waals surface area contributed by atoms with Crippen molar-refractivity contribution in [1.29, 1.82) is 0 Å². The van der Waals surface area contributed by atoms with E-state index in [9.17, 15) is 13.2 Å². The van der Waals surface area contributed by atoms with E-state index in [1.807, 2.05) is 31.2 Å². The number of hydrogen-bond acceptors (Lipinski definition) is 6. The molecule has 0 saturated carbocycles. The summed E-state index contributed by atoms with van der Waals surface area (Å²) in [6.07, 6.45) is 0.833. The molecular weight excluding hydrogens is 422 g/mol. The number of aromatic nitrogens is 1. The maximum atomic E-state index is 12.5. The molecule has 4 rings (SSSR count). The summed E-state index contributed by atoms with van der Waals surface area (Å²) in [4.78, 5) is 18.4. The van der Waals surface area contributed by atoms with Gasteiger partial charge >= 0.3 is 0 Å². The van der Waals surface area contributed by atoms with E-state index >= 15 is 0 Å². The molecule has 0 saturated heterocycles. The third-order valence-corrected chi connectivity index (χ3v) is 6.70. The van der Waals surface area contributed by atoms with E-state index in [0.29, 0.717) is 34.4 Å². The summed E-state index contributed by atoms with van der Waals surface area (Å²) in [7, 11) is -3.57. The topological polar surface area (TPSA) is 88.6 Å². The number of anilines is 2. The van der Waals surface area contributed by atoms with Crippen LogP contribution < -0.4 is 14.4 Å². The van der Waals surface area contributed by atoms with Crippen molar-refractivity contribution in [2.45, 2.75) is 19.1 Å². The molecule has 1 aliphatic heterocycles. The molecule has 0 aliphatic carbocycles. The van der Waals surface area contributed by atoms with Gasteiger partial charge in [-0.25, -0.2) is 13.4 Å². The lowest BCUT2D eigenvalue weighted by atomic mass is 10.1. The molecule has 2 heterocycles. The molecule has 0 bridgehead atoms. The fourth-order valence-electron chi connectivity index (χ4n) is 3.25. The van der Waals surface area contributed by atoms with Gasteiger partial charge in [-0.1, -0.05) is 37.3 Å². The second kappa shape index (κ2) is 8.45. The minimum atomic E-state index is -3.57. The van der Waals surface area contributed by atoms with Gasteiger partial charge in [0.25, 0.3) is 5.91 Å². The number of carbonyl (C=O) groups excluding carboxylic acids is 1. The van der Waals surface area contributed by atoms with Crippen molar-refractivity contribution in [3.63, 3.8) is 0 Å². The maximum absolute atomic E-state index is 12.5. The number of thiazole rings is 1. The fraction of sp³-hybridized carbons (Fsp3) is 0.238. The SMILES string of the molecule is CCCN1C(=O)COc2ccc(-c3csc(NS(=O)(=O)Cc4ccccc4)n3)cc21. The molecule has 0 atom stereocenters. The van der Waals surface area contributed by atoms with E-state index in [2.05, 4.69) is 9.71 Å². The minimum Gasteiger partial charge on any atom is -0.482 e. The first-order valence-corrected chi connectivity index (χ1v) is 12.1. The average Bonchev–Trinajstić information content (AvgIpc) is 3.18. The zero-order chi connectivity index (χ0) is 21.1. The van der Waals surface area contributed by atoms with Crippen LogP contribution in [0.2, 0.25) is 0 Å². The van der Waals surface area contributed by atoms with Crippen LogP contribution in [0.4, 0.5) is 10.8 Å². The average molecular weight is 444 g/mol. The minimum absolute atomic E-state index is 0.0381. The van der Waals surface area contributed by atoms with Crippen molar-refractivity contribution in [2.24, 2.45) is 0 Å². The molecule has 1 amide bonds. The summed E-state index contributed by atoms with van der Waals surface area (Å²) in [6.45, 7) is 2.66. The van der Waals surface area contributed by atoms with Crippen LogP contribution in [0.5, 0.6) is 5.75 Å². The Kier molecular flexibility index (Phi) is 5.74. The Hall–Kier alpha value is -2.91. The summed E-state index contributed by atoms with van der Waals surface area (Å²) in [5.74, 6) is 0.465. The first-order chi connectivity index (χ1) is 14.4. The third kappa shape index (κ3) is 4.47. The fourth-order valence-corrected chi connectivity index (χ4v) is 5.40. The number of amides is 1. The van der Waals surface area contributed by atoms with Crippen LogP contribution in [0.15, 0.2) is 53.9 Å². The zero-order valence-corrected chi connectivity index (χ0v) is 18.0. The van der Waals surface area contributed by atoms with Gasteiger partial charge in [-0.05, 0) is 30.2 Å². The van der Waals surface area contributed by atoms with Crippen molar-refractivity contribution in [3.8, 4) is 17.0 Å². The third-order valence-electron chi connectivity index (χ3n) is 4.59. The molecular formula is C21H21N3O4S2. The van der Waals surface area contributed by atoms with E-state index in [-0.39, 0.29) is 18.3 Å². The van der Waals surface area contributed by atoms with Crippen LogP contribution >= 0.6 is 11.3 Å². The molecule has 156 valence electrons. The number of hydrogen-bond donors (Lipinski definition) is 1. The number of rotatable bonds is 7. The Morgan fingerprint density at radius 2 is 2.00 bits per heavy atom. The Bertz CT molecular complexity index is 1160. The van der Waals surface area contributed by atoms with Crippen LogP contribution in [0, 0.1) is 0 Å². The van der Waals surface area contributed by atoms with E-state index in [1.54, 1.807) is 34.5 Å². The summed E-state index contributed by atoms with van der Waals surface area (Å²) < 4.78 is 33.0. The Morgan fingerprint density at radius 3 is 2.77 bits per heavy atom. The van der Waals surface area contributed by atoms with Crippen molar-refractivity contribution in [3.05, 3.63) is 59.5 Å². The predicted molar refractivity (Wildman–Crippen MR) is 118 cm³/mol. The quantitative estimate of drug-likeness (QED) is 0.599. The molecule has 30 heavy (non-hydrogen) atoms. The molecule has 0 radical (unpaired) electrons. The summed E-state index contributed by atoms with van der Waals surface area (Å²) in [6, 6.07) is 14.5. The van der Waals surface area contributed by atoms with Gasteiger partial charge in [0.1, 0.15) is 5.75 Å². The lowest BCUT2D eigenvalue weighted by molar-refractivity contribution is -0.121. The predicted octanol–water partition coefficient (Wildman–Crippen LogP) is 3.89. The Morgan fingerprint density at radius 1 is 1.20 bits per heavy atom. The molecule has 1 N–H and O–H groups in total. The van der Waals surface area contributed by atoms with Gasteiger partial charge in [-0.2, -0.15) is 0 Å². The van der Waals surface area contributed by atoms with E-state index in [0.717, 1.165) is 12.0 Å². The maximum Gasteiger partial charge on any atom is 0.265 e. The van der Waals surface area contributed by atoms with Gasteiger partial charge in [0.2, 0.25) is 10.0 Å².